The van der Waals surface area contributed by atoms with Crippen LogP contribution in [0.15, 0.2) is 91.1 Å². The SMILES string of the molecule is CC(C)C[C@H](NC(=O)[C@H](Cc1c[nH]c2ccccc12)NC(=O)[C@@H]1CCCN1C(=O)[C@H](Cc1ccccc1)NC(=O)[C@H]1CCCN1C(=O)[C@@H](N)Cc1ccccc1)C(N)=O. The fraction of sp³-hybridized carbons (Fsp3) is 0.422. The van der Waals surface area contributed by atoms with Crippen molar-refractivity contribution in [2.24, 2.45) is 17.4 Å². The molecule has 2 fully saturated rings. The van der Waals surface area contributed by atoms with E-state index in [1.165, 1.54) is 9.80 Å². The van der Waals surface area contributed by atoms with E-state index in [2.05, 4.69) is 20.9 Å². The van der Waals surface area contributed by atoms with Crippen LogP contribution in [0.1, 0.15) is 62.6 Å². The predicted molar refractivity (Wildman–Crippen MR) is 224 cm³/mol. The van der Waals surface area contributed by atoms with Crippen molar-refractivity contribution in [3.05, 3.63) is 108 Å². The van der Waals surface area contributed by atoms with Gasteiger partial charge in [0.25, 0.3) is 0 Å². The van der Waals surface area contributed by atoms with E-state index in [1.807, 2.05) is 98.8 Å². The van der Waals surface area contributed by atoms with Crippen LogP contribution in [0.3, 0.4) is 0 Å². The molecule has 0 bridgehead atoms. The van der Waals surface area contributed by atoms with Gasteiger partial charge in [-0.05, 0) is 67.2 Å². The smallest absolute Gasteiger partial charge is 0.246 e. The molecule has 2 saturated heterocycles. The molecule has 0 radical (unpaired) electrons. The highest BCUT2D eigenvalue weighted by molar-refractivity contribution is 5.97. The molecular weight excluding hydrogens is 749 g/mol. The molecule has 6 atom stereocenters. The normalized spacial score (nSPS) is 18.6. The molecule has 8 N–H and O–H groups in total. The lowest BCUT2D eigenvalue weighted by Crippen LogP contribution is -2.59. The summed E-state index contributed by atoms with van der Waals surface area (Å²) < 4.78 is 0. The quantitative estimate of drug-likeness (QED) is 0.0938. The van der Waals surface area contributed by atoms with E-state index >= 15 is 0 Å². The Bertz CT molecular complexity index is 2110. The molecule has 0 saturated carbocycles. The summed E-state index contributed by atoms with van der Waals surface area (Å²) in [7, 11) is 0. The van der Waals surface area contributed by atoms with Crippen LogP contribution in [0, 0.1) is 5.92 Å². The first kappa shape index (κ1) is 42.6. The molecule has 6 amide bonds. The number of primary amides is 1. The second-order valence-corrected chi connectivity index (χ2v) is 16.1. The van der Waals surface area contributed by atoms with Crippen LogP contribution in [0.4, 0.5) is 0 Å². The predicted octanol–water partition coefficient (Wildman–Crippen LogP) is 2.49. The van der Waals surface area contributed by atoms with Gasteiger partial charge in [0.1, 0.15) is 30.2 Å². The number of carbonyl (C=O) groups is 6. The van der Waals surface area contributed by atoms with Crippen molar-refractivity contribution in [3.8, 4) is 0 Å². The van der Waals surface area contributed by atoms with Crippen LogP contribution < -0.4 is 27.4 Å². The van der Waals surface area contributed by atoms with Gasteiger partial charge in [-0.1, -0.05) is 92.7 Å². The van der Waals surface area contributed by atoms with E-state index in [0.29, 0.717) is 45.1 Å². The third-order valence-electron chi connectivity index (χ3n) is 11.3. The number of fused-ring (bicyclic) bond motifs is 1. The largest absolute Gasteiger partial charge is 0.368 e. The molecule has 1 aromatic heterocycles. The second kappa shape index (κ2) is 19.6. The van der Waals surface area contributed by atoms with Crippen molar-refractivity contribution < 1.29 is 28.8 Å². The van der Waals surface area contributed by atoms with Crippen LogP contribution in [0.2, 0.25) is 0 Å². The van der Waals surface area contributed by atoms with Gasteiger partial charge >= 0.3 is 0 Å². The molecule has 0 spiro atoms. The first-order valence-electron chi connectivity index (χ1n) is 20.6. The molecular formula is C45H56N8O6. The highest BCUT2D eigenvalue weighted by Crippen LogP contribution is 2.24. The van der Waals surface area contributed by atoms with E-state index in [-0.39, 0.29) is 31.2 Å². The minimum Gasteiger partial charge on any atom is -0.368 e. The number of aromatic amines is 1. The lowest BCUT2D eigenvalue weighted by molar-refractivity contribution is -0.144. The summed E-state index contributed by atoms with van der Waals surface area (Å²) >= 11 is 0. The van der Waals surface area contributed by atoms with Crippen molar-refractivity contribution in [1.82, 2.24) is 30.7 Å². The maximum atomic E-state index is 14.6. The Hall–Kier alpha value is -6.02. The number of rotatable bonds is 17. The number of carbonyl (C=O) groups excluding carboxylic acids is 6. The highest BCUT2D eigenvalue weighted by Gasteiger charge is 2.42. The molecule has 14 heteroatoms. The maximum Gasteiger partial charge on any atom is 0.246 e. The van der Waals surface area contributed by atoms with Crippen molar-refractivity contribution in [3.63, 3.8) is 0 Å². The van der Waals surface area contributed by atoms with Crippen LogP contribution in [0.5, 0.6) is 0 Å². The second-order valence-electron chi connectivity index (χ2n) is 16.1. The summed E-state index contributed by atoms with van der Waals surface area (Å²) in [4.78, 5) is 89.0. The average molecular weight is 805 g/mol. The number of hydrogen-bond acceptors (Lipinski definition) is 7. The molecule has 3 aromatic carbocycles. The third kappa shape index (κ3) is 10.7. The topological polar surface area (TPSA) is 213 Å². The number of aromatic nitrogens is 1. The van der Waals surface area contributed by atoms with Crippen LogP contribution >= 0.6 is 0 Å². The summed E-state index contributed by atoms with van der Waals surface area (Å²) in [5, 5.41) is 9.51. The molecule has 0 unspecified atom stereocenters. The maximum absolute atomic E-state index is 14.6. The molecule has 4 aromatic rings. The van der Waals surface area contributed by atoms with Gasteiger partial charge in [-0.15, -0.1) is 0 Å². The van der Waals surface area contributed by atoms with Crippen LogP contribution in [0.25, 0.3) is 10.9 Å². The number of likely N-dealkylation sites (tertiary alicyclic amines) is 2. The van der Waals surface area contributed by atoms with Crippen LogP contribution in [-0.4, -0.2) is 99.6 Å². The first-order valence-corrected chi connectivity index (χ1v) is 20.6. The number of hydrogen-bond donors (Lipinski definition) is 6. The molecule has 312 valence electrons. The number of para-hydroxylation sites is 1. The van der Waals surface area contributed by atoms with Crippen molar-refractivity contribution in [2.45, 2.75) is 101 Å². The highest BCUT2D eigenvalue weighted by atomic mass is 16.2. The molecule has 0 aliphatic carbocycles. The van der Waals surface area contributed by atoms with E-state index in [9.17, 15) is 28.8 Å². The van der Waals surface area contributed by atoms with E-state index in [4.69, 9.17) is 11.5 Å². The summed E-state index contributed by atoms with van der Waals surface area (Å²) in [6.45, 7) is 4.46. The zero-order chi connectivity index (χ0) is 42.1. The molecule has 14 nitrogen and oxygen atoms in total. The molecule has 2 aliphatic rings. The summed E-state index contributed by atoms with van der Waals surface area (Å²) in [5.74, 6) is -2.95. The van der Waals surface area contributed by atoms with Gasteiger partial charge in [0.2, 0.25) is 35.4 Å². The Morgan fingerprint density at radius 1 is 0.678 bits per heavy atom. The zero-order valence-corrected chi connectivity index (χ0v) is 33.8. The Balaban J connectivity index is 1.20. The molecule has 59 heavy (non-hydrogen) atoms. The third-order valence-corrected chi connectivity index (χ3v) is 11.3. The van der Waals surface area contributed by atoms with E-state index in [0.717, 1.165) is 27.6 Å². The number of nitrogens with two attached hydrogens (primary N) is 2. The fourth-order valence-corrected chi connectivity index (χ4v) is 8.28. The van der Waals surface area contributed by atoms with Gasteiger partial charge in [0.15, 0.2) is 0 Å². The molecule has 3 heterocycles. The van der Waals surface area contributed by atoms with Gasteiger partial charge in [-0.2, -0.15) is 0 Å². The zero-order valence-electron chi connectivity index (χ0n) is 33.8. The minimum atomic E-state index is -1.10. The van der Waals surface area contributed by atoms with Gasteiger partial charge in [-0.3, -0.25) is 28.8 Å². The summed E-state index contributed by atoms with van der Waals surface area (Å²) in [5.41, 5.74) is 15.4. The van der Waals surface area contributed by atoms with Gasteiger partial charge in [0, 0.05) is 43.0 Å². The number of nitrogens with zero attached hydrogens (tertiary/aromatic N) is 2. The lowest BCUT2D eigenvalue weighted by Gasteiger charge is -2.32. The number of benzene rings is 3. The number of nitrogens with one attached hydrogen (secondary N) is 4. The van der Waals surface area contributed by atoms with E-state index < -0.39 is 65.8 Å². The Labute approximate surface area is 344 Å². The van der Waals surface area contributed by atoms with Gasteiger partial charge in [-0.25, -0.2) is 0 Å². The van der Waals surface area contributed by atoms with E-state index in [1.54, 1.807) is 6.20 Å². The number of amides is 6. The van der Waals surface area contributed by atoms with Crippen molar-refractivity contribution in [1.29, 1.82) is 0 Å². The van der Waals surface area contributed by atoms with Gasteiger partial charge in [0.05, 0.1) is 6.04 Å². The Morgan fingerprint density at radius 3 is 1.81 bits per heavy atom. The van der Waals surface area contributed by atoms with Gasteiger partial charge < -0.3 is 42.2 Å². The monoisotopic (exact) mass is 804 g/mol. The first-order chi connectivity index (χ1) is 28.4. The average Bonchev–Trinajstić information content (AvgIpc) is 4.01. The Morgan fingerprint density at radius 2 is 1.22 bits per heavy atom. The van der Waals surface area contributed by atoms with Crippen molar-refractivity contribution >= 4 is 46.3 Å². The lowest BCUT2D eigenvalue weighted by atomic mass is 10.0. The fourth-order valence-electron chi connectivity index (χ4n) is 8.28. The summed E-state index contributed by atoms with van der Waals surface area (Å²) in [6, 6.07) is 20.7. The number of H-pyrrole nitrogens is 1. The molecule has 6 rings (SSSR count). The summed E-state index contributed by atoms with van der Waals surface area (Å²) in [6.07, 6.45) is 4.59. The van der Waals surface area contributed by atoms with Crippen molar-refractivity contribution in [2.75, 3.05) is 13.1 Å². The minimum absolute atomic E-state index is 0.0614. The standard InChI is InChI=1S/C45H56N8O6/c1-28(2)23-35(40(47)54)49-41(55)36(26-31-27-48-34-18-10-9-17-32(31)34)50-42(56)39-20-12-22-53(39)45(59)37(25-30-15-7-4-8-16-30)51-43(57)38-19-11-21-52(38)44(58)33(46)24-29-13-5-3-6-14-29/h3-10,13-18,27-28,33,35-39,48H,11-12,19-26,46H2,1-2H3,(H2,47,54)(H,49,55)(H,50,56)(H,51,57)/t33-,35-,36-,37-,38+,39-/m0/s1. The van der Waals surface area contributed by atoms with Crippen LogP contribution in [-0.2, 0) is 48.0 Å². The Kier molecular flexibility index (Phi) is 14.2. The molecule has 2 aliphatic heterocycles.